The zero-order valence-electron chi connectivity index (χ0n) is 12.7. The van der Waals surface area contributed by atoms with Crippen molar-refractivity contribution in [3.05, 3.63) is 23.3 Å². The molecule has 1 fully saturated rings. The van der Waals surface area contributed by atoms with Crippen LogP contribution in [0.25, 0.3) is 22.6 Å². The van der Waals surface area contributed by atoms with Gasteiger partial charge in [-0.3, -0.25) is 0 Å². The lowest BCUT2D eigenvalue weighted by molar-refractivity contribution is 0.109. The molecular weight excluding hydrogens is 284 g/mol. The first-order chi connectivity index (χ1) is 10.7. The zero-order valence-corrected chi connectivity index (χ0v) is 12.7. The molecule has 1 atom stereocenters. The van der Waals surface area contributed by atoms with Gasteiger partial charge in [0.25, 0.3) is 11.6 Å². The zero-order chi connectivity index (χ0) is 15.3. The lowest BCUT2D eigenvalue weighted by Crippen LogP contribution is -1.98. The molecular formula is C15H16N4O3. The largest absolute Gasteiger partial charge is 0.374 e. The van der Waals surface area contributed by atoms with E-state index in [1.165, 1.54) is 0 Å². The number of ether oxygens (including phenoxy) is 1. The van der Waals surface area contributed by atoms with Crippen molar-refractivity contribution in [2.45, 2.75) is 38.7 Å². The maximum Gasteiger partial charge on any atom is 0.259 e. The molecule has 7 nitrogen and oxygen atoms in total. The van der Waals surface area contributed by atoms with Crippen LogP contribution in [0.15, 0.2) is 15.1 Å². The highest BCUT2D eigenvalue weighted by Gasteiger charge is 2.29. The molecule has 0 aromatic carbocycles. The second kappa shape index (κ2) is 4.88. The van der Waals surface area contributed by atoms with E-state index in [1.807, 2.05) is 19.9 Å². The number of nitrogens with zero attached hydrogens (tertiary/aromatic N) is 4. The standard InChI is InChI=1S/C15H16N4O3/c1-7-12-10(14-17-13(19-21-14)8(2)20-3)6-11(9-4-5-9)16-15(12)22-18-7/h6,8-9H,4-5H2,1-3H3. The molecule has 1 aliphatic rings. The highest BCUT2D eigenvalue weighted by molar-refractivity contribution is 5.91. The van der Waals surface area contributed by atoms with Crippen molar-refractivity contribution < 1.29 is 13.8 Å². The smallest absolute Gasteiger partial charge is 0.259 e. The molecule has 3 aromatic rings. The summed E-state index contributed by atoms with van der Waals surface area (Å²) in [6.45, 7) is 3.75. The van der Waals surface area contributed by atoms with Gasteiger partial charge in [-0.15, -0.1) is 0 Å². The van der Waals surface area contributed by atoms with Gasteiger partial charge >= 0.3 is 0 Å². The maximum absolute atomic E-state index is 5.42. The monoisotopic (exact) mass is 300 g/mol. The van der Waals surface area contributed by atoms with Crippen LogP contribution in [-0.2, 0) is 4.74 Å². The van der Waals surface area contributed by atoms with Crippen molar-refractivity contribution in [1.82, 2.24) is 20.3 Å². The Morgan fingerprint density at radius 3 is 2.77 bits per heavy atom. The van der Waals surface area contributed by atoms with Crippen molar-refractivity contribution in [3.63, 3.8) is 0 Å². The predicted molar refractivity (Wildman–Crippen MR) is 77.2 cm³/mol. The Morgan fingerprint density at radius 2 is 2.05 bits per heavy atom. The van der Waals surface area contributed by atoms with E-state index in [2.05, 4.69) is 20.3 Å². The minimum absolute atomic E-state index is 0.221. The Labute approximate surface area is 126 Å². The number of rotatable bonds is 4. The van der Waals surface area contributed by atoms with E-state index in [1.54, 1.807) is 7.11 Å². The summed E-state index contributed by atoms with van der Waals surface area (Å²) < 4.78 is 16.0. The summed E-state index contributed by atoms with van der Waals surface area (Å²) >= 11 is 0. The minimum Gasteiger partial charge on any atom is -0.374 e. The fourth-order valence-corrected chi connectivity index (χ4v) is 2.49. The third-order valence-electron chi connectivity index (χ3n) is 4.02. The molecule has 1 unspecified atom stereocenters. The quantitative estimate of drug-likeness (QED) is 0.731. The molecule has 114 valence electrons. The summed E-state index contributed by atoms with van der Waals surface area (Å²) in [4.78, 5) is 9.00. The van der Waals surface area contributed by atoms with Crippen LogP contribution in [-0.4, -0.2) is 27.4 Å². The Bertz CT molecular complexity index is 835. The van der Waals surface area contributed by atoms with Gasteiger partial charge in [0.05, 0.1) is 16.6 Å². The second-order valence-electron chi connectivity index (χ2n) is 5.65. The third-order valence-corrected chi connectivity index (χ3v) is 4.02. The highest BCUT2D eigenvalue weighted by Crippen LogP contribution is 2.42. The maximum atomic E-state index is 5.42. The summed E-state index contributed by atoms with van der Waals surface area (Å²) in [7, 11) is 1.61. The van der Waals surface area contributed by atoms with Crippen LogP contribution in [0.5, 0.6) is 0 Å². The number of aryl methyl sites for hydroxylation is 1. The van der Waals surface area contributed by atoms with Crippen LogP contribution in [0.1, 0.15) is 49.0 Å². The second-order valence-corrected chi connectivity index (χ2v) is 5.65. The number of hydrogen-bond donors (Lipinski definition) is 0. The molecule has 0 saturated heterocycles. The number of fused-ring (bicyclic) bond motifs is 1. The topological polar surface area (TPSA) is 87.1 Å². The molecule has 0 aliphatic heterocycles. The van der Waals surface area contributed by atoms with Crippen LogP contribution in [0.3, 0.4) is 0 Å². The molecule has 3 aromatic heterocycles. The third kappa shape index (κ3) is 2.09. The summed E-state index contributed by atoms with van der Waals surface area (Å²) in [5, 5.41) is 8.82. The van der Waals surface area contributed by atoms with Gasteiger partial charge in [0.1, 0.15) is 6.10 Å². The van der Waals surface area contributed by atoms with E-state index < -0.39 is 0 Å². The number of pyridine rings is 1. The normalized spacial score (nSPS) is 16.3. The Hall–Kier alpha value is -2.28. The van der Waals surface area contributed by atoms with E-state index in [9.17, 15) is 0 Å². The van der Waals surface area contributed by atoms with E-state index in [4.69, 9.17) is 13.8 Å². The summed E-state index contributed by atoms with van der Waals surface area (Å²) in [5.74, 6) is 1.46. The molecule has 7 heteroatoms. The number of methoxy groups -OCH3 is 1. The van der Waals surface area contributed by atoms with Gasteiger partial charge in [0, 0.05) is 18.7 Å². The predicted octanol–water partition coefficient (Wildman–Crippen LogP) is 3.17. The fraction of sp³-hybridized carbons (Fsp3) is 0.467. The van der Waals surface area contributed by atoms with E-state index in [0.717, 1.165) is 35.2 Å². The van der Waals surface area contributed by atoms with Crippen molar-refractivity contribution in [3.8, 4) is 11.5 Å². The first-order valence-corrected chi connectivity index (χ1v) is 7.31. The Balaban J connectivity index is 1.88. The molecule has 22 heavy (non-hydrogen) atoms. The molecule has 1 saturated carbocycles. The number of aromatic nitrogens is 4. The number of hydrogen-bond acceptors (Lipinski definition) is 7. The van der Waals surface area contributed by atoms with Crippen LogP contribution < -0.4 is 0 Å². The van der Waals surface area contributed by atoms with Crippen molar-refractivity contribution in [2.24, 2.45) is 0 Å². The Morgan fingerprint density at radius 1 is 1.23 bits per heavy atom. The van der Waals surface area contributed by atoms with Crippen LogP contribution in [0.2, 0.25) is 0 Å². The summed E-state index contributed by atoms with van der Waals surface area (Å²) in [5.41, 5.74) is 3.11. The van der Waals surface area contributed by atoms with Gasteiger partial charge in [-0.1, -0.05) is 10.3 Å². The molecule has 1 aliphatic carbocycles. The highest BCUT2D eigenvalue weighted by atomic mass is 16.5. The van der Waals surface area contributed by atoms with Crippen molar-refractivity contribution >= 4 is 11.1 Å². The molecule has 0 amide bonds. The van der Waals surface area contributed by atoms with E-state index in [0.29, 0.717) is 23.3 Å². The average Bonchev–Trinajstić information content (AvgIpc) is 3.15. The average molecular weight is 300 g/mol. The molecule has 3 heterocycles. The van der Waals surface area contributed by atoms with Crippen LogP contribution in [0, 0.1) is 6.92 Å². The molecule has 0 spiro atoms. The minimum atomic E-state index is -0.221. The van der Waals surface area contributed by atoms with Gasteiger partial charge in [0.15, 0.2) is 0 Å². The van der Waals surface area contributed by atoms with Gasteiger partial charge in [-0.25, -0.2) is 4.98 Å². The first-order valence-electron chi connectivity index (χ1n) is 7.31. The van der Waals surface area contributed by atoms with Gasteiger partial charge < -0.3 is 13.8 Å². The first kappa shape index (κ1) is 13.4. The molecule has 0 N–H and O–H groups in total. The molecule has 0 bridgehead atoms. The summed E-state index contributed by atoms with van der Waals surface area (Å²) in [6.07, 6.45) is 2.09. The van der Waals surface area contributed by atoms with Gasteiger partial charge in [-0.05, 0) is 32.8 Å². The lowest BCUT2D eigenvalue weighted by Gasteiger charge is -2.02. The Kier molecular flexibility index (Phi) is 2.97. The molecule has 0 radical (unpaired) electrons. The summed E-state index contributed by atoms with van der Waals surface area (Å²) in [6, 6.07) is 2.01. The van der Waals surface area contributed by atoms with Crippen LogP contribution in [0.4, 0.5) is 0 Å². The van der Waals surface area contributed by atoms with Gasteiger partial charge in [0.2, 0.25) is 5.82 Å². The fourth-order valence-electron chi connectivity index (χ4n) is 2.49. The van der Waals surface area contributed by atoms with Crippen molar-refractivity contribution in [2.75, 3.05) is 7.11 Å². The van der Waals surface area contributed by atoms with E-state index in [-0.39, 0.29) is 6.10 Å². The van der Waals surface area contributed by atoms with Crippen LogP contribution >= 0.6 is 0 Å². The van der Waals surface area contributed by atoms with Crippen molar-refractivity contribution in [1.29, 1.82) is 0 Å². The lowest BCUT2D eigenvalue weighted by atomic mass is 10.1. The van der Waals surface area contributed by atoms with Gasteiger partial charge in [-0.2, -0.15) is 4.98 Å². The van der Waals surface area contributed by atoms with E-state index >= 15 is 0 Å². The molecule has 4 rings (SSSR count). The SMILES string of the molecule is COC(C)c1noc(-c2cc(C3CC3)nc3onc(C)c23)n1.